The summed E-state index contributed by atoms with van der Waals surface area (Å²) in [4.78, 5) is 3.84. The minimum absolute atomic E-state index is 0.0488. The minimum atomic E-state index is -5.13. The zero-order valence-corrected chi connectivity index (χ0v) is 21.3. The highest BCUT2D eigenvalue weighted by Crippen LogP contribution is 2.42. The van der Waals surface area contributed by atoms with Crippen LogP contribution in [0.1, 0.15) is 55.3 Å². The highest BCUT2D eigenvalue weighted by atomic mass is 32.2. The van der Waals surface area contributed by atoms with Gasteiger partial charge in [-0.3, -0.25) is 4.57 Å². The van der Waals surface area contributed by atoms with E-state index >= 15 is 0 Å². The normalized spacial score (nSPS) is 20.8. The van der Waals surface area contributed by atoms with Gasteiger partial charge < -0.3 is 5.11 Å². The molecule has 0 spiro atoms. The van der Waals surface area contributed by atoms with Crippen LogP contribution < -0.4 is 0 Å². The first-order valence-electron chi connectivity index (χ1n) is 11.8. The van der Waals surface area contributed by atoms with Crippen molar-refractivity contribution in [3.63, 3.8) is 0 Å². The molecule has 0 bridgehead atoms. The third-order valence-corrected chi connectivity index (χ3v) is 8.74. The van der Waals surface area contributed by atoms with Gasteiger partial charge in [-0.2, -0.15) is 26.3 Å². The number of nitrogens with zero attached hydrogens (tertiary/aromatic N) is 2. The van der Waals surface area contributed by atoms with Gasteiger partial charge >= 0.3 is 12.4 Å². The average molecular weight is 561 g/mol. The molecule has 1 saturated carbocycles. The molecule has 1 fully saturated rings. The summed E-state index contributed by atoms with van der Waals surface area (Å²) in [5.41, 5.74) is -4.76. The number of halogens is 6. The number of rotatable bonds is 5. The maximum absolute atomic E-state index is 13.8. The maximum Gasteiger partial charge on any atom is 0.422 e. The molecule has 12 heteroatoms. The number of aliphatic hydroxyl groups is 1. The summed E-state index contributed by atoms with van der Waals surface area (Å²) in [6, 6.07) is 10.8. The predicted octanol–water partition coefficient (Wildman–Crippen LogP) is 6.40. The van der Waals surface area contributed by atoms with E-state index in [4.69, 9.17) is 0 Å². The van der Waals surface area contributed by atoms with Crippen molar-refractivity contribution < 1.29 is 39.9 Å². The Morgan fingerprint density at radius 1 is 0.974 bits per heavy atom. The molecule has 4 rings (SSSR count). The topological polar surface area (TPSA) is 72.2 Å². The highest BCUT2D eigenvalue weighted by molar-refractivity contribution is 7.91. The number of alkyl halides is 6. The van der Waals surface area contributed by atoms with E-state index in [2.05, 4.69) is 4.98 Å². The molecule has 1 aliphatic rings. The van der Waals surface area contributed by atoms with Gasteiger partial charge in [0.1, 0.15) is 21.4 Å². The standard InChI is InChI=1S/C26H26F6N2O3S/c1-24(35,26(30,31)32)22-15-34(23(33-22)20-8-3-4-9-21(20)25(27,28)29)18-12-10-16(11-13-18)17-6-5-7-19(14-17)38(2,36)37/h3-4,8-13,15,17,19,35H,5-7,14H2,1-2H3/t17-,19?,24?/m1/s1. The molecule has 2 unspecified atom stereocenters. The van der Waals surface area contributed by atoms with E-state index in [1.165, 1.54) is 24.5 Å². The van der Waals surface area contributed by atoms with Crippen LogP contribution in [0.3, 0.4) is 0 Å². The molecule has 0 radical (unpaired) electrons. The van der Waals surface area contributed by atoms with E-state index in [0.717, 1.165) is 47.4 Å². The molecule has 38 heavy (non-hydrogen) atoms. The average Bonchev–Trinajstić information content (AvgIpc) is 3.29. The van der Waals surface area contributed by atoms with Crippen molar-refractivity contribution in [1.29, 1.82) is 0 Å². The van der Waals surface area contributed by atoms with E-state index in [0.29, 0.717) is 19.8 Å². The number of sulfone groups is 1. The smallest absolute Gasteiger partial charge is 0.375 e. The van der Waals surface area contributed by atoms with Gasteiger partial charge in [-0.15, -0.1) is 0 Å². The number of hydrogen-bond donors (Lipinski definition) is 1. The monoisotopic (exact) mass is 560 g/mol. The van der Waals surface area contributed by atoms with E-state index in [-0.39, 0.29) is 11.6 Å². The van der Waals surface area contributed by atoms with Crippen molar-refractivity contribution in [2.45, 2.75) is 61.7 Å². The van der Waals surface area contributed by atoms with Crippen molar-refractivity contribution in [3.8, 4) is 17.1 Å². The van der Waals surface area contributed by atoms with Gasteiger partial charge in [-0.25, -0.2) is 13.4 Å². The lowest BCUT2D eigenvalue weighted by atomic mass is 9.84. The van der Waals surface area contributed by atoms with Crippen LogP contribution in [0.25, 0.3) is 17.1 Å². The third kappa shape index (κ3) is 5.47. The molecule has 1 aliphatic carbocycles. The van der Waals surface area contributed by atoms with Crippen LogP contribution in [-0.2, 0) is 21.6 Å². The second-order valence-corrected chi connectivity index (χ2v) is 12.2. The lowest BCUT2D eigenvalue weighted by molar-refractivity contribution is -0.260. The Morgan fingerprint density at radius 3 is 2.18 bits per heavy atom. The highest BCUT2D eigenvalue weighted by Gasteiger charge is 2.53. The van der Waals surface area contributed by atoms with Crippen molar-refractivity contribution >= 4 is 9.84 Å². The second kappa shape index (κ2) is 9.71. The zero-order chi connectivity index (χ0) is 28.1. The Bertz CT molecular complexity index is 1410. The van der Waals surface area contributed by atoms with Gasteiger partial charge in [0.15, 0.2) is 0 Å². The van der Waals surface area contributed by atoms with Crippen LogP contribution in [0, 0.1) is 0 Å². The number of imidazole rings is 1. The molecule has 0 saturated heterocycles. The molecule has 3 atom stereocenters. The first-order valence-corrected chi connectivity index (χ1v) is 13.8. The van der Waals surface area contributed by atoms with Crippen molar-refractivity contribution in [2.75, 3.05) is 6.26 Å². The van der Waals surface area contributed by atoms with Crippen molar-refractivity contribution in [3.05, 3.63) is 71.5 Å². The van der Waals surface area contributed by atoms with Gasteiger partial charge in [0, 0.05) is 23.7 Å². The quantitative estimate of drug-likeness (QED) is 0.367. The van der Waals surface area contributed by atoms with Crippen LogP contribution >= 0.6 is 0 Å². The summed E-state index contributed by atoms with van der Waals surface area (Å²) in [5.74, 6) is -0.465. The molecule has 1 heterocycles. The molecule has 1 aromatic heterocycles. The van der Waals surface area contributed by atoms with E-state index < -0.39 is 55.7 Å². The molecule has 2 aromatic carbocycles. The summed E-state index contributed by atoms with van der Waals surface area (Å²) in [5, 5.41) is 9.75. The molecule has 3 aromatic rings. The van der Waals surface area contributed by atoms with Crippen LogP contribution in [0.4, 0.5) is 26.3 Å². The first kappa shape index (κ1) is 28.2. The maximum atomic E-state index is 13.8. The molecule has 1 N–H and O–H groups in total. The largest absolute Gasteiger partial charge is 0.422 e. The minimum Gasteiger partial charge on any atom is -0.375 e. The fraction of sp³-hybridized carbons (Fsp3) is 0.423. The van der Waals surface area contributed by atoms with Crippen LogP contribution in [0.2, 0.25) is 0 Å². The summed E-state index contributed by atoms with van der Waals surface area (Å²) >= 11 is 0. The zero-order valence-electron chi connectivity index (χ0n) is 20.5. The molecular weight excluding hydrogens is 534 g/mol. The van der Waals surface area contributed by atoms with Gasteiger partial charge in [0.2, 0.25) is 5.60 Å². The van der Waals surface area contributed by atoms with Gasteiger partial charge in [-0.1, -0.05) is 36.8 Å². The Kier molecular flexibility index (Phi) is 7.19. The summed E-state index contributed by atoms with van der Waals surface area (Å²) in [7, 11) is -3.21. The van der Waals surface area contributed by atoms with E-state index in [1.807, 2.05) is 0 Å². The van der Waals surface area contributed by atoms with Gasteiger partial charge in [-0.05, 0) is 55.9 Å². The fourth-order valence-corrected chi connectivity index (χ4v) is 5.99. The van der Waals surface area contributed by atoms with Crippen molar-refractivity contribution in [1.82, 2.24) is 9.55 Å². The molecular formula is C26H26F6N2O3S. The molecule has 5 nitrogen and oxygen atoms in total. The lowest BCUT2D eigenvalue weighted by Gasteiger charge is -2.28. The number of aromatic nitrogens is 2. The Labute approximate surface area is 216 Å². The first-order chi connectivity index (χ1) is 17.5. The summed E-state index contributed by atoms with van der Waals surface area (Å²) in [6.45, 7) is 0.490. The van der Waals surface area contributed by atoms with E-state index in [9.17, 15) is 39.9 Å². The lowest BCUT2D eigenvalue weighted by Crippen LogP contribution is -2.39. The third-order valence-electron chi connectivity index (χ3n) is 7.10. The Hall–Kier alpha value is -2.86. The van der Waals surface area contributed by atoms with Crippen molar-refractivity contribution in [2.24, 2.45) is 0 Å². The number of benzene rings is 2. The molecule has 0 aliphatic heterocycles. The summed E-state index contributed by atoms with van der Waals surface area (Å²) < 4.78 is 107. The van der Waals surface area contributed by atoms with Gasteiger partial charge in [0.05, 0.1) is 10.8 Å². The Morgan fingerprint density at radius 2 is 1.61 bits per heavy atom. The SMILES string of the molecule is CC(O)(c1cn(-c2ccc([C@@H]3CCCC(S(C)(=O)=O)C3)cc2)c(-c2ccccc2C(F)(F)F)n1)C(F)(F)F. The van der Waals surface area contributed by atoms with E-state index in [1.54, 1.807) is 12.1 Å². The van der Waals surface area contributed by atoms with Gasteiger partial charge in [0.25, 0.3) is 0 Å². The second-order valence-electron chi connectivity index (χ2n) is 9.84. The van der Waals surface area contributed by atoms with Crippen LogP contribution in [-0.4, -0.2) is 40.8 Å². The molecule has 0 amide bonds. The molecule has 206 valence electrons. The van der Waals surface area contributed by atoms with Crippen LogP contribution in [0.15, 0.2) is 54.7 Å². The predicted molar refractivity (Wildman–Crippen MR) is 129 cm³/mol. The Balaban J connectivity index is 1.80. The fourth-order valence-electron chi connectivity index (χ4n) is 4.82. The number of hydrogen-bond acceptors (Lipinski definition) is 4. The van der Waals surface area contributed by atoms with Crippen LogP contribution in [0.5, 0.6) is 0 Å². The summed E-state index contributed by atoms with van der Waals surface area (Å²) in [6.07, 6.45) is -5.35.